The molecular formula is C18H19N3O4S. The molecule has 1 fully saturated rings. The molecule has 1 saturated heterocycles. The Balaban J connectivity index is 1.65. The molecular weight excluding hydrogens is 354 g/mol. The average molecular weight is 373 g/mol. The molecule has 0 bridgehead atoms. The summed E-state index contributed by atoms with van der Waals surface area (Å²) >= 11 is 1.32. The molecule has 26 heavy (non-hydrogen) atoms. The maximum atomic E-state index is 12.6. The highest BCUT2D eigenvalue weighted by atomic mass is 32.2. The summed E-state index contributed by atoms with van der Waals surface area (Å²) < 4.78 is 4.95. The Hall–Kier alpha value is -2.61. The van der Waals surface area contributed by atoms with Crippen LogP contribution < -0.4 is 10.2 Å². The molecule has 1 N–H and O–H groups in total. The summed E-state index contributed by atoms with van der Waals surface area (Å²) in [6.07, 6.45) is 1.38. The van der Waals surface area contributed by atoms with E-state index < -0.39 is 5.25 Å². The second-order valence-corrected chi connectivity index (χ2v) is 7.27. The number of imide groups is 1. The van der Waals surface area contributed by atoms with E-state index in [1.807, 2.05) is 19.1 Å². The number of anilines is 2. The van der Waals surface area contributed by atoms with Gasteiger partial charge in [-0.15, -0.1) is 11.8 Å². The van der Waals surface area contributed by atoms with Gasteiger partial charge < -0.3 is 9.84 Å². The Kier molecular flexibility index (Phi) is 5.41. The summed E-state index contributed by atoms with van der Waals surface area (Å²) in [7, 11) is 0. The molecule has 0 radical (unpaired) electrons. The minimum Gasteiger partial charge on any atom is -0.360 e. The van der Waals surface area contributed by atoms with Crippen LogP contribution in [-0.4, -0.2) is 28.1 Å². The number of thioether (sulfide) groups is 1. The SMILES string of the molecule is CCCC(=O)Nc1ccc(S[C@@H]2CC(=O)N(c3cc(C)on3)C2=O)cc1. The van der Waals surface area contributed by atoms with Crippen LogP contribution in [0.2, 0.25) is 0 Å². The molecule has 8 heteroatoms. The third kappa shape index (κ3) is 3.96. The van der Waals surface area contributed by atoms with Crippen LogP contribution in [0.25, 0.3) is 0 Å². The van der Waals surface area contributed by atoms with Crippen LogP contribution in [0.15, 0.2) is 39.8 Å². The van der Waals surface area contributed by atoms with E-state index in [4.69, 9.17) is 4.52 Å². The number of amides is 3. The van der Waals surface area contributed by atoms with E-state index in [0.717, 1.165) is 16.2 Å². The first-order valence-electron chi connectivity index (χ1n) is 8.34. The number of nitrogens with zero attached hydrogens (tertiary/aromatic N) is 2. The zero-order valence-corrected chi connectivity index (χ0v) is 15.3. The maximum Gasteiger partial charge on any atom is 0.249 e. The fraction of sp³-hybridized carbons (Fsp3) is 0.333. The van der Waals surface area contributed by atoms with Crippen LogP contribution in [0.4, 0.5) is 11.5 Å². The summed E-state index contributed by atoms with van der Waals surface area (Å²) in [5.41, 5.74) is 0.710. The quantitative estimate of drug-likeness (QED) is 0.782. The predicted octanol–water partition coefficient (Wildman–Crippen LogP) is 3.15. The number of aryl methyl sites for hydroxylation is 1. The number of carbonyl (C=O) groups excluding carboxylic acids is 3. The van der Waals surface area contributed by atoms with Crippen molar-refractivity contribution in [2.24, 2.45) is 0 Å². The van der Waals surface area contributed by atoms with Crippen LogP contribution in [0.3, 0.4) is 0 Å². The van der Waals surface area contributed by atoms with Gasteiger partial charge in [-0.05, 0) is 37.6 Å². The van der Waals surface area contributed by atoms with Gasteiger partial charge in [0.1, 0.15) is 5.76 Å². The van der Waals surface area contributed by atoms with Crippen LogP contribution in [0.1, 0.15) is 31.9 Å². The van der Waals surface area contributed by atoms with Gasteiger partial charge in [0.25, 0.3) is 0 Å². The van der Waals surface area contributed by atoms with Crippen molar-refractivity contribution in [3.63, 3.8) is 0 Å². The number of hydrogen-bond donors (Lipinski definition) is 1. The van der Waals surface area contributed by atoms with Gasteiger partial charge in [0.2, 0.25) is 17.7 Å². The van der Waals surface area contributed by atoms with E-state index in [0.29, 0.717) is 17.9 Å². The molecule has 0 spiro atoms. The van der Waals surface area contributed by atoms with E-state index >= 15 is 0 Å². The molecule has 1 aliphatic heterocycles. The van der Waals surface area contributed by atoms with Crippen molar-refractivity contribution in [1.29, 1.82) is 0 Å². The normalized spacial score (nSPS) is 17.0. The molecule has 3 rings (SSSR count). The Morgan fingerprint density at radius 3 is 2.69 bits per heavy atom. The van der Waals surface area contributed by atoms with Gasteiger partial charge in [-0.25, -0.2) is 4.90 Å². The zero-order valence-electron chi connectivity index (χ0n) is 14.5. The molecule has 2 heterocycles. The smallest absolute Gasteiger partial charge is 0.249 e. The molecule has 1 aliphatic rings. The molecule has 0 saturated carbocycles. The Labute approximate surface area is 155 Å². The molecule has 3 amide bonds. The number of aromatic nitrogens is 1. The average Bonchev–Trinajstić information content (AvgIpc) is 3.13. The monoisotopic (exact) mass is 373 g/mol. The van der Waals surface area contributed by atoms with E-state index in [-0.39, 0.29) is 30.0 Å². The van der Waals surface area contributed by atoms with Crippen molar-refractivity contribution >= 4 is 41.0 Å². The molecule has 1 aromatic heterocycles. The number of nitrogens with one attached hydrogen (secondary N) is 1. The van der Waals surface area contributed by atoms with Gasteiger partial charge in [-0.3, -0.25) is 14.4 Å². The van der Waals surface area contributed by atoms with Crippen LogP contribution in [0.5, 0.6) is 0 Å². The van der Waals surface area contributed by atoms with Crippen molar-refractivity contribution in [3.8, 4) is 0 Å². The molecule has 136 valence electrons. The second kappa shape index (κ2) is 7.74. The minimum absolute atomic E-state index is 0.0250. The van der Waals surface area contributed by atoms with E-state index in [1.54, 1.807) is 25.1 Å². The van der Waals surface area contributed by atoms with E-state index in [1.165, 1.54) is 11.8 Å². The third-order valence-electron chi connectivity index (χ3n) is 3.84. The highest BCUT2D eigenvalue weighted by Gasteiger charge is 2.41. The van der Waals surface area contributed by atoms with Gasteiger partial charge in [0.15, 0.2) is 5.82 Å². The third-order valence-corrected chi connectivity index (χ3v) is 5.04. The Bertz CT molecular complexity index is 831. The maximum absolute atomic E-state index is 12.6. The summed E-state index contributed by atoms with van der Waals surface area (Å²) in [6, 6.07) is 8.79. The standard InChI is InChI=1S/C18H19N3O4S/c1-3-4-16(22)19-12-5-7-13(8-6-12)26-14-10-17(23)21(18(14)24)15-9-11(2)25-20-15/h5-9,14H,3-4,10H2,1-2H3,(H,19,22)/t14-/m1/s1. The summed E-state index contributed by atoms with van der Waals surface area (Å²) in [5, 5.41) is 6.07. The highest BCUT2D eigenvalue weighted by molar-refractivity contribution is 8.00. The zero-order chi connectivity index (χ0) is 18.7. The second-order valence-electron chi connectivity index (χ2n) is 6.00. The van der Waals surface area contributed by atoms with Crippen molar-refractivity contribution in [2.75, 3.05) is 10.2 Å². The predicted molar refractivity (Wildman–Crippen MR) is 98.0 cm³/mol. The van der Waals surface area contributed by atoms with Crippen molar-refractivity contribution in [3.05, 3.63) is 36.1 Å². The van der Waals surface area contributed by atoms with Crippen LogP contribution in [0, 0.1) is 6.92 Å². The van der Waals surface area contributed by atoms with Crippen LogP contribution >= 0.6 is 11.8 Å². The molecule has 2 aromatic rings. The fourth-order valence-electron chi connectivity index (χ4n) is 2.63. The summed E-state index contributed by atoms with van der Waals surface area (Å²) in [4.78, 5) is 38.3. The van der Waals surface area contributed by atoms with Gasteiger partial charge in [-0.1, -0.05) is 12.1 Å². The van der Waals surface area contributed by atoms with Crippen molar-refractivity contribution in [1.82, 2.24) is 5.16 Å². The van der Waals surface area contributed by atoms with Crippen molar-refractivity contribution < 1.29 is 18.9 Å². The van der Waals surface area contributed by atoms with Gasteiger partial charge in [0, 0.05) is 29.5 Å². The first-order chi connectivity index (χ1) is 12.5. The first-order valence-corrected chi connectivity index (χ1v) is 9.22. The lowest BCUT2D eigenvalue weighted by Crippen LogP contribution is -2.31. The first kappa shape index (κ1) is 18.2. The Morgan fingerprint density at radius 1 is 1.35 bits per heavy atom. The fourth-order valence-corrected chi connectivity index (χ4v) is 3.68. The lowest BCUT2D eigenvalue weighted by Gasteiger charge is -2.11. The molecule has 7 nitrogen and oxygen atoms in total. The molecule has 0 aliphatic carbocycles. The van der Waals surface area contributed by atoms with Crippen LogP contribution in [-0.2, 0) is 14.4 Å². The number of rotatable bonds is 6. The van der Waals surface area contributed by atoms with Crippen molar-refractivity contribution in [2.45, 2.75) is 43.3 Å². The number of hydrogen-bond acceptors (Lipinski definition) is 6. The highest BCUT2D eigenvalue weighted by Crippen LogP contribution is 2.34. The minimum atomic E-state index is -0.500. The van der Waals surface area contributed by atoms with Gasteiger partial charge in [-0.2, -0.15) is 0 Å². The Morgan fingerprint density at radius 2 is 2.08 bits per heavy atom. The number of benzene rings is 1. The van der Waals surface area contributed by atoms with Gasteiger partial charge in [0.05, 0.1) is 5.25 Å². The summed E-state index contributed by atoms with van der Waals surface area (Å²) in [5.74, 6) is 0.160. The molecule has 1 atom stereocenters. The molecule has 1 aromatic carbocycles. The molecule has 0 unspecified atom stereocenters. The van der Waals surface area contributed by atoms with E-state index in [2.05, 4.69) is 10.5 Å². The van der Waals surface area contributed by atoms with Gasteiger partial charge >= 0.3 is 0 Å². The lowest BCUT2D eigenvalue weighted by atomic mass is 10.3. The van der Waals surface area contributed by atoms with E-state index in [9.17, 15) is 14.4 Å². The largest absolute Gasteiger partial charge is 0.360 e. The summed E-state index contributed by atoms with van der Waals surface area (Å²) in [6.45, 7) is 3.65. The lowest BCUT2D eigenvalue weighted by molar-refractivity contribution is -0.121. The topological polar surface area (TPSA) is 92.5 Å². The number of carbonyl (C=O) groups is 3.